The van der Waals surface area contributed by atoms with Crippen LogP contribution in [0.25, 0.3) is 22.8 Å². The molecule has 0 saturated carbocycles. The van der Waals surface area contributed by atoms with Gasteiger partial charge < -0.3 is 9.26 Å². The summed E-state index contributed by atoms with van der Waals surface area (Å²) in [5, 5.41) is 13.7. The van der Waals surface area contributed by atoms with Crippen molar-refractivity contribution in [2.45, 2.75) is 58.6 Å². The molecule has 0 amide bonds. The Kier molecular flexibility index (Phi) is 7.00. The minimum atomic E-state index is -3.34. The van der Waals surface area contributed by atoms with E-state index in [1.54, 1.807) is 18.2 Å². The van der Waals surface area contributed by atoms with Crippen LogP contribution in [-0.4, -0.2) is 30.4 Å². The Hall–Kier alpha value is -3.22. The molecule has 2 aromatic carbocycles. The Morgan fingerprint density at radius 1 is 1.29 bits per heavy atom. The topological polar surface area (TPSA) is 118 Å². The van der Waals surface area contributed by atoms with Crippen molar-refractivity contribution in [2.75, 3.05) is 5.75 Å². The predicted molar refractivity (Wildman–Crippen MR) is 129 cm³/mol. The predicted octanol–water partition coefficient (Wildman–Crippen LogP) is 4.77. The third-order valence-electron chi connectivity index (χ3n) is 5.68. The normalized spacial score (nSPS) is 15.7. The number of sulfonamides is 1. The van der Waals surface area contributed by atoms with Gasteiger partial charge in [0.2, 0.25) is 15.8 Å². The van der Waals surface area contributed by atoms with Crippen molar-refractivity contribution in [1.29, 1.82) is 5.26 Å². The molecule has 1 N–H and O–H groups in total. The highest BCUT2D eigenvalue weighted by Gasteiger charge is 2.27. The maximum Gasteiger partial charge on any atom is 0.258 e. The molecule has 3 aromatic rings. The SMILES string of the molecule is CCCS(=O)(=O)N[C@H]1CCCc2c(-c3noc(-c4ccc(OC(C)C)c(C#N)c4)n3)cccc21. The molecule has 0 saturated heterocycles. The fourth-order valence-electron chi connectivity index (χ4n) is 4.28. The van der Waals surface area contributed by atoms with E-state index < -0.39 is 10.0 Å². The van der Waals surface area contributed by atoms with Crippen molar-refractivity contribution < 1.29 is 17.7 Å². The first-order valence-corrected chi connectivity index (χ1v) is 13.1. The zero-order valence-corrected chi connectivity index (χ0v) is 20.4. The number of benzene rings is 2. The van der Waals surface area contributed by atoms with E-state index in [4.69, 9.17) is 9.26 Å². The van der Waals surface area contributed by atoms with Crippen LogP contribution in [0.2, 0.25) is 0 Å². The molecule has 0 radical (unpaired) electrons. The Balaban J connectivity index is 1.65. The van der Waals surface area contributed by atoms with Crippen LogP contribution in [0.4, 0.5) is 0 Å². The van der Waals surface area contributed by atoms with Gasteiger partial charge in [-0.05, 0) is 68.9 Å². The Morgan fingerprint density at radius 3 is 2.85 bits per heavy atom. The molecule has 1 aliphatic carbocycles. The van der Waals surface area contributed by atoms with Crippen molar-refractivity contribution in [3.63, 3.8) is 0 Å². The van der Waals surface area contributed by atoms with Gasteiger partial charge in [0.05, 0.1) is 17.4 Å². The van der Waals surface area contributed by atoms with E-state index in [1.165, 1.54) is 0 Å². The number of nitrogens with one attached hydrogen (secondary N) is 1. The molecular weight excluding hydrogens is 452 g/mol. The first-order valence-electron chi connectivity index (χ1n) is 11.5. The molecule has 0 fully saturated rings. The minimum Gasteiger partial charge on any atom is -0.490 e. The van der Waals surface area contributed by atoms with Gasteiger partial charge in [0, 0.05) is 17.2 Å². The second-order valence-corrected chi connectivity index (χ2v) is 10.5. The lowest BCUT2D eigenvalue weighted by Gasteiger charge is -2.27. The van der Waals surface area contributed by atoms with Crippen LogP contribution < -0.4 is 9.46 Å². The number of ether oxygens (including phenoxy) is 1. The van der Waals surface area contributed by atoms with E-state index in [9.17, 15) is 13.7 Å². The van der Waals surface area contributed by atoms with Crippen LogP contribution in [0.3, 0.4) is 0 Å². The van der Waals surface area contributed by atoms with Gasteiger partial charge in [0.15, 0.2) is 0 Å². The zero-order chi connectivity index (χ0) is 24.3. The lowest BCUT2D eigenvalue weighted by Crippen LogP contribution is -2.32. The average Bonchev–Trinajstić information content (AvgIpc) is 3.28. The molecule has 9 heteroatoms. The van der Waals surface area contributed by atoms with Crippen LogP contribution in [0, 0.1) is 11.3 Å². The number of hydrogen-bond acceptors (Lipinski definition) is 7. The number of nitrogens with zero attached hydrogens (tertiary/aromatic N) is 3. The van der Waals surface area contributed by atoms with Gasteiger partial charge in [-0.2, -0.15) is 10.2 Å². The molecule has 34 heavy (non-hydrogen) atoms. The standard InChI is InChI=1S/C25H28N4O4S/c1-4-13-34(30,31)29-22-10-6-7-19-20(22)8-5-9-21(19)24-27-25(33-28-24)17-11-12-23(32-16(2)3)18(14-17)15-26/h5,8-9,11-12,14,16,22,29H,4,6-7,10,13H2,1-3H3/t22-/m0/s1. The summed E-state index contributed by atoms with van der Waals surface area (Å²) in [6.45, 7) is 5.66. The number of hydrogen-bond donors (Lipinski definition) is 1. The number of nitriles is 1. The molecule has 0 unspecified atom stereocenters. The number of fused-ring (bicyclic) bond motifs is 1. The maximum atomic E-state index is 12.4. The van der Waals surface area contributed by atoms with E-state index in [2.05, 4.69) is 20.9 Å². The van der Waals surface area contributed by atoms with E-state index in [1.807, 2.05) is 39.0 Å². The van der Waals surface area contributed by atoms with Crippen LogP contribution >= 0.6 is 0 Å². The first kappa shape index (κ1) is 23.9. The molecule has 0 bridgehead atoms. The summed E-state index contributed by atoms with van der Waals surface area (Å²) < 4.78 is 38.8. The van der Waals surface area contributed by atoms with E-state index in [0.717, 1.165) is 36.0 Å². The molecule has 1 heterocycles. The van der Waals surface area contributed by atoms with Gasteiger partial charge in [0.1, 0.15) is 11.8 Å². The smallest absolute Gasteiger partial charge is 0.258 e. The summed E-state index contributed by atoms with van der Waals surface area (Å²) in [7, 11) is -3.34. The lowest BCUT2D eigenvalue weighted by atomic mass is 9.85. The fourth-order valence-corrected chi connectivity index (χ4v) is 5.62. The summed E-state index contributed by atoms with van der Waals surface area (Å²) in [5.74, 6) is 1.36. The number of rotatable bonds is 8. The molecule has 178 valence electrons. The van der Waals surface area contributed by atoms with Crippen LogP contribution in [-0.2, 0) is 16.4 Å². The highest BCUT2D eigenvalue weighted by Crippen LogP contribution is 2.36. The Bertz CT molecular complexity index is 1320. The first-order chi connectivity index (χ1) is 16.3. The molecular formula is C25H28N4O4S. The summed E-state index contributed by atoms with van der Waals surface area (Å²) in [5.41, 5.74) is 3.83. The molecule has 0 aliphatic heterocycles. The molecule has 1 atom stereocenters. The van der Waals surface area contributed by atoms with Gasteiger partial charge in [-0.1, -0.05) is 30.3 Å². The number of aromatic nitrogens is 2. The van der Waals surface area contributed by atoms with Crippen molar-refractivity contribution >= 4 is 10.0 Å². The summed E-state index contributed by atoms with van der Waals surface area (Å²) >= 11 is 0. The van der Waals surface area contributed by atoms with Crippen LogP contribution in [0.1, 0.15) is 62.8 Å². The van der Waals surface area contributed by atoms with Crippen molar-refractivity contribution in [2.24, 2.45) is 0 Å². The third-order valence-corrected chi connectivity index (χ3v) is 7.27. The van der Waals surface area contributed by atoms with E-state index in [0.29, 0.717) is 35.0 Å². The van der Waals surface area contributed by atoms with Gasteiger partial charge >= 0.3 is 0 Å². The minimum absolute atomic E-state index is 0.0486. The second-order valence-electron chi connectivity index (χ2n) is 8.67. The average molecular weight is 481 g/mol. The van der Waals surface area contributed by atoms with Gasteiger partial charge in [0.25, 0.3) is 5.89 Å². The quantitative estimate of drug-likeness (QED) is 0.493. The molecule has 4 rings (SSSR count). The van der Waals surface area contributed by atoms with Gasteiger partial charge in [-0.25, -0.2) is 13.1 Å². The summed E-state index contributed by atoms with van der Waals surface area (Å²) in [4.78, 5) is 4.59. The van der Waals surface area contributed by atoms with E-state index >= 15 is 0 Å². The molecule has 1 aromatic heterocycles. The molecule has 1 aliphatic rings. The summed E-state index contributed by atoms with van der Waals surface area (Å²) in [6.07, 6.45) is 2.93. The highest BCUT2D eigenvalue weighted by atomic mass is 32.2. The van der Waals surface area contributed by atoms with Crippen LogP contribution in [0.15, 0.2) is 40.9 Å². The monoisotopic (exact) mass is 480 g/mol. The molecule has 8 nitrogen and oxygen atoms in total. The fraction of sp³-hybridized carbons (Fsp3) is 0.400. The largest absolute Gasteiger partial charge is 0.490 e. The Labute approximate surface area is 200 Å². The second kappa shape index (κ2) is 9.95. The summed E-state index contributed by atoms with van der Waals surface area (Å²) in [6, 6.07) is 12.9. The third kappa shape index (κ3) is 5.13. The lowest BCUT2D eigenvalue weighted by molar-refractivity contribution is 0.241. The van der Waals surface area contributed by atoms with Crippen molar-refractivity contribution in [1.82, 2.24) is 14.9 Å². The molecule has 0 spiro atoms. The van der Waals surface area contributed by atoms with Gasteiger partial charge in [-0.3, -0.25) is 0 Å². The Morgan fingerprint density at radius 2 is 2.12 bits per heavy atom. The zero-order valence-electron chi connectivity index (χ0n) is 19.5. The van der Waals surface area contributed by atoms with Crippen molar-refractivity contribution in [3.8, 4) is 34.7 Å². The highest BCUT2D eigenvalue weighted by molar-refractivity contribution is 7.89. The van der Waals surface area contributed by atoms with Crippen molar-refractivity contribution in [3.05, 3.63) is 53.1 Å². The van der Waals surface area contributed by atoms with E-state index in [-0.39, 0.29) is 17.9 Å². The maximum absolute atomic E-state index is 12.4. The van der Waals surface area contributed by atoms with Crippen LogP contribution in [0.5, 0.6) is 5.75 Å². The van der Waals surface area contributed by atoms with Gasteiger partial charge in [-0.15, -0.1) is 0 Å².